The van der Waals surface area contributed by atoms with Crippen LogP contribution in [0.15, 0.2) is 28.7 Å². The monoisotopic (exact) mass is 399 g/mol. The fraction of sp³-hybridized carbons (Fsp3) is 0.471. The molecule has 24 heavy (non-hydrogen) atoms. The second-order valence-electron chi connectivity index (χ2n) is 5.20. The van der Waals surface area contributed by atoms with Crippen LogP contribution < -0.4 is 5.32 Å². The Labute approximate surface area is 150 Å². The summed E-state index contributed by atoms with van der Waals surface area (Å²) in [4.78, 5) is 37.0. The lowest BCUT2D eigenvalue weighted by atomic mass is 9.80. The summed E-state index contributed by atoms with van der Waals surface area (Å²) >= 11 is 3.34. The van der Waals surface area contributed by atoms with Crippen molar-refractivity contribution in [3.05, 3.63) is 34.3 Å². The first kappa shape index (κ1) is 20.2. The van der Waals surface area contributed by atoms with Crippen LogP contribution in [0.1, 0.15) is 39.2 Å². The van der Waals surface area contributed by atoms with E-state index in [-0.39, 0.29) is 13.2 Å². The molecule has 0 saturated heterocycles. The molecule has 1 N–H and O–H groups in total. The summed E-state index contributed by atoms with van der Waals surface area (Å²) in [5, 5.41) is 2.48. The highest BCUT2D eigenvalue weighted by Gasteiger charge is 2.54. The number of esters is 2. The van der Waals surface area contributed by atoms with Crippen molar-refractivity contribution in [3.8, 4) is 0 Å². The lowest BCUT2D eigenvalue weighted by Gasteiger charge is -2.35. The van der Waals surface area contributed by atoms with Crippen LogP contribution in [0.2, 0.25) is 0 Å². The zero-order chi connectivity index (χ0) is 18.3. The molecule has 0 bridgehead atoms. The van der Waals surface area contributed by atoms with E-state index in [1.165, 1.54) is 6.92 Å². The highest BCUT2D eigenvalue weighted by Crippen LogP contribution is 2.32. The van der Waals surface area contributed by atoms with Crippen LogP contribution in [0.5, 0.6) is 0 Å². The molecule has 0 aliphatic rings. The van der Waals surface area contributed by atoms with Gasteiger partial charge in [-0.25, -0.2) is 9.59 Å². The van der Waals surface area contributed by atoms with Gasteiger partial charge in [0.1, 0.15) is 0 Å². The summed E-state index contributed by atoms with van der Waals surface area (Å²) < 4.78 is 11.0. The molecular weight excluding hydrogens is 378 g/mol. The normalized spacial score (nSPS) is 12.2. The van der Waals surface area contributed by atoms with Gasteiger partial charge in [-0.3, -0.25) is 4.79 Å². The molecule has 7 heteroatoms. The van der Waals surface area contributed by atoms with Gasteiger partial charge in [-0.2, -0.15) is 0 Å². The Morgan fingerprint density at radius 1 is 1.08 bits per heavy atom. The van der Waals surface area contributed by atoms with Gasteiger partial charge in [0.2, 0.25) is 11.4 Å². The number of hydrogen-bond donors (Lipinski definition) is 1. The number of benzene rings is 1. The molecule has 6 nitrogen and oxygen atoms in total. The van der Waals surface area contributed by atoms with Crippen LogP contribution in [0.3, 0.4) is 0 Å². The molecule has 0 heterocycles. The van der Waals surface area contributed by atoms with Crippen molar-refractivity contribution < 1.29 is 23.9 Å². The summed E-state index contributed by atoms with van der Waals surface area (Å²) in [6.07, 6.45) is 0. The third kappa shape index (κ3) is 4.35. The number of rotatable bonds is 7. The maximum absolute atomic E-state index is 12.7. The predicted molar refractivity (Wildman–Crippen MR) is 92.4 cm³/mol. The molecule has 0 aromatic heterocycles. The van der Waals surface area contributed by atoms with Gasteiger partial charge in [-0.15, -0.1) is 0 Å². The van der Waals surface area contributed by atoms with E-state index in [4.69, 9.17) is 9.47 Å². The topological polar surface area (TPSA) is 81.7 Å². The minimum absolute atomic E-state index is 0.0760. The molecule has 0 radical (unpaired) electrons. The summed E-state index contributed by atoms with van der Waals surface area (Å²) in [5.74, 6) is -2.89. The van der Waals surface area contributed by atoms with Crippen molar-refractivity contribution in [1.82, 2.24) is 5.32 Å². The number of hydrogen-bond acceptors (Lipinski definition) is 5. The van der Waals surface area contributed by atoms with Crippen molar-refractivity contribution in [2.45, 2.75) is 39.2 Å². The first-order chi connectivity index (χ1) is 11.3. The average molecular weight is 400 g/mol. The molecule has 1 rings (SSSR count). The highest BCUT2D eigenvalue weighted by molar-refractivity contribution is 9.10. The first-order valence-corrected chi connectivity index (χ1v) is 8.47. The van der Waals surface area contributed by atoms with Crippen molar-refractivity contribution in [3.63, 3.8) is 0 Å². The minimum atomic E-state index is -1.94. The lowest BCUT2D eigenvalue weighted by Crippen LogP contribution is -2.64. The fourth-order valence-electron chi connectivity index (χ4n) is 2.42. The second kappa shape index (κ2) is 8.82. The van der Waals surface area contributed by atoms with Crippen LogP contribution in [-0.2, 0) is 23.9 Å². The summed E-state index contributed by atoms with van der Waals surface area (Å²) in [6, 6.07) is 7.12. The zero-order valence-electron chi connectivity index (χ0n) is 14.2. The van der Waals surface area contributed by atoms with Gasteiger partial charge in [-0.05, 0) is 31.5 Å². The zero-order valence-corrected chi connectivity index (χ0v) is 15.8. The molecule has 0 aliphatic heterocycles. The van der Waals surface area contributed by atoms with Crippen molar-refractivity contribution in [1.29, 1.82) is 0 Å². The Morgan fingerprint density at radius 3 is 1.92 bits per heavy atom. The van der Waals surface area contributed by atoms with Gasteiger partial charge in [0.25, 0.3) is 0 Å². The van der Waals surface area contributed by atoms with E-state index in [0.29, 0.717) is 5.56 Å². The van der Waals surface area contributed by atoms with Crippen molar-refractivity contribution in [2.24, 2.45) is 0 Å². The second-order valence-corrected chi connectivity index (χ2v) is 6.12. The Kier molecular flexibility index (Phi) is 7.41. The summed E-state index contributed by atoms with van der Waals surface area (Å²) in [5.41, 5.74) is -1.25. The Bertz CT molecular complexity index is 582. The number of ether oxygens (including phenoxy) is 2. The molecule has 1 atom stereocenters. The van der Waals surface area contributed by atoms with Crippen molar-refractivity contribution >= 4 is 33.8 Å². The van der Waals surface area contributed by atoms with E-state index < -0.39 is 29.3 Å². The standard InChI is InChI=1S/C17H22BrNO5/c1-5-23-15(21)17(19-12(4)20,16(22)24-6-2)11(3)13-7-9-14(18)10-8-13/h7-11H,5-6H2,1-4H3,(H,19,20). The van der Waals surface area contributed by atoms with Gasteiger partial charge < -0.3 is 14.8 Å². The van der Waals surface area contributed by atoms with Gasteiger partial charge in [0, 0.05) is 17.3 Å². The predicted octanol–water partition coefficient (Wildman–Crippen LogP) is 2.55. The molecule has 1 unspecified atom stereocenters. The molecule has 1 aromatic rings. The molecule has 0 aliphatic carbocycles. The third-order valence-electron chi connectivity index (χ3n) is 3.59. The van der Waals surface area contributed by atoms with Crippen LogP contribution >= 0.6 is 15.9 Å². The van der Waals surface area contributed by atoms with Gasteiger partial charge in [-0.1, -0.05) is 35.0 Å². The van der Waals surface area contributed by atoms with Gasteiger partial charge in [0.15, 0.2) is 0 Å². The largest absolute Gasteiger partial charge is 0.464 e. The Morgan fingerprint density at radius 2 is 1.54 bits per heavy atom. The van der Waals surface area contributed by atoms with E-state index in [2.05, 4.69) is 21.2 Å². The van der Waals surface area contributed by atoms with Crippen LogP contribution in [0.25, 0.3) is 0 Å². The maximum atomic E-state index is 12.7. The molecule has 0 spiro atoms. The molecule has 0 fully saturated rings. The molecular formula is C17H22BrNO5. The van der Waals surface area contributed by atoms with E-state index in [1.54, 1.807) is 45.0 Å². The Balaban J connectivity index is 3.46. The average Bonchev–Trinajstić information content (AvgIpc) is 2.52. The van der Waals surface area contributed by atoms with E-state index in [9.17, 15) is 14.4 Å². The number of amides is 1. The van der Waals surface area contributed by atoms with Crippen LogP contribution in [0, 0.1) is 0 Å². The van der Waals surface area contributed by atoms with Crippen LogP contribution in [-0.4, -0.2) is 36.6 Å². The number of halogens is 1. The summed E-state index contributed by atoms with van der Waals surface area (Å²) in [7, 11) is 0. The Hall–Kier alpha value is -1.89. The minimum Gasteiger partial charge on any atom is -0.464 e. The van der Waals surface area contributed by atoms with E-state index in [1.807, 2.05) is 0 Å². The number of carbonyl (C=O) groups is 3. The molecule has 0 saturated carbocycles. The number of carbonyl (C=O) groups excluding carboxylic acids is 3. The molecule has 1 amide bonds. The van der Waals surface area contributed by atoms with E-state index >= 15 is 0 Å². The van der Waals surface area contributed by atoms with Crippen molar-refractivity contribution in [2.75, 3.05) is 13.2 Å². The fourth-order valence-corrected chi connectivity index (χ4v) is 2.68. The smallest absolute Gasteiger partial charge is 0.344 e. The quantitative estimate of drug-likeness (QED) is 0.562. The van der Waals surface area contributed by atoms with Gasteiger partial charge in [0.05, 0.1) is 13.2 Å². The van der Waals surface area contributed by atoms with Gasteiger partial charge >= 0.3 is 11.9 Å². The van der Waals surface area contributed by atoms with E-state index in [0.717, 1.165) is 4.47 Å². The third-order valence-corrected chi connectivity index (χ3v) is 4.12. The highest BCUT2D eigenvalue weighted by atomic mass is 79.9. The van der Waals surface area contributed by atoms with Crippen LogP contribution in [0.4, 0.5) is 0 Å². The maximum Gasteiger partial charge on any atom is 0.344 e. The first-order valence-electron chi connectivity index (χ1n) is 7.68. The summed E-state index contributed by atoms with van der Waals surface area (Å²) in [6.45, 7) is 6.32. The molecule has 132 valence electrons. The molecule has 1 aromatic carbocycles. The lowest BCUT2D eigenvalue weighted by molar-refractivity contribution is -0.169. The SMILES string of the molecule is CCOC(=O)C(NC(C)=O)(C(=O)OCC)C(C)c1ccc(Br)cc1. The number of nitrogens with one attached hydrogen (secondary N) is 1.